The van der Waals surface area contributed by atoms with Crippen LogP contribution in [-0.2, 0) is 16.0 Å². The fraction of sp³-hybridized carbons (Fsp3) is 0.467. The van der Waals surface area contributed by atoms with Crippen molar-refractivity contribution >= 4 is 17.5 Å². The fourth-order valence-electron chi connectivity index (χ4n) is 2.54. The molecule has 1 heterocycles. The first kappa shape index (κ1) is 14.5. The second-order valence-electron chi connectivity index (χ2n) is 5.12. The molecule has 0 aromatic heterocycles. The number of amides is 2. The summed E-state index contributed by atoms with van der Waals surface area (Å²) in [5, 5.41) is 11.9. The average molecular weight is 276 g/mol. The number of carbonyl (C=O) groups excluding carboxylic acids is 2. The minimum Gasteiger partial charge on any atom is -0.394 e. The van der Waals surface area contributed by atoms with Gasteiger partial charge in [-0.25, -0.2) is 0 Å². The van der Waals surface area contributed by atoms with Crippen molar-refractivity contribution in [3.63, 3.8) is 0 Å². The lowest BCUT2D eigenvalue weighted by molar-refractivity contribution is -0.132. The summed E-state index contributed by atoms with van der Waals surface area (Å²) in [7, 11) is 0. The summed E-state index contributed by atoms with van der Waals surface area (Å²) in [4.78, 5) is 24.9. The van der Waals surface area contributed by atoms with E-state index in [1.807, 2.05) is 12.1 Å². The van der Waals surface area contributed by atoms with Gasteiger partial charge in [0.2, 0.25) is 11.8 Å². The Morgan fingerprint density at radius 2 is 2.05 bits per heavy atom. The van der Waals surface area contributed by atoms with E-state index in [4.69, 9.17) is 0 Å². The Morgan fingerprint density at radius 1 is 1.35 bits per heavy atom. The van der Waals surface area contributed by atoms with Crippen molar-refractivity contribution in [3.8, 4) is 0 Å². The predicted octanol–water partition coefficient (Wildman–Crippen LogP) is 1.17. The standard InChI is InChI=1S/C15H20N2O3/c1-11(19)16-13-6-4-12(5-7-13)9-15(20)17-8-2-3-14(17)10-18/h4-7,14,18H,2-3,8-10H2,1H3,(H,16,19)/t14-/m1/s1. The van der Waals surface area contributed by atoms with E-state index in [1.165, 1.54) is 6.92 Å². The Kier molecular flexibility index (Phi) is 4.74. The van der Waals surface area contributed by atoms with E-state index < -0.39 is 0 Å². The van der Waals surface area contributed by atoms with Crippen molar-refractivity contribution in [1.82, 2.24) is 4.90 Å². The topological polar surface area (TPSA) is 69.6 Å². The number of carbonyl (C=O) groups is 2. The molecule has 0 saturated carbocycles. The third kappa shape index (κ3) is 3.57. The van der Waals surface area contributed by atoms with E-state index >= 15 is 0 Å². The number of anilines is 1. The number of hydrogen-bond donors (Lipinski definition) is 2. The van der Waals surface area contributed by atoms with Crippen LogP contribution in [-0.4, -0.2) is 41.0 Å². The molecular formula is C15H20N2O3. The van der Waals surface area contributed by atoms with Crippen molar-refractivity contribution < 1.29 is 14.7 Å². The Labute approximate surface area is 118 Å². The quantitative estimate of drug-likeness (QED) is 0.867. The Morgan fingerprint density at radius 3 is 2.65 bits per heavy atom. The molecule has 1 saturated heterocycles. The molecule has 5 nitrogen and oxygen atoms in total. The van der Waals surface area contributed by atoms with Crippen molar-refractivity contribution in [2.24, 2.45) is 0 Å². The highest BCUT2D eigenvalue weighted by atomic mass is 16.3. The van der Waals surface area contributed by atoms with Gasteiger partial charge in [0.15, 0.2) is 0 Å². The molecule has 1 aliphatic rings. The molecule has 2 N–H and O–H groups in total. The summed E-state index contributed by atoms with van der Waals surface area (Å²) in [6.07, 6.45) is 2.17. The minimum absolute atomic E-state index is 0.0267. The van der Waals surface area contributed by atoms with Crippen molar-refractivity contribution in [1.29, 1.82) is 0 Å². The lowest BCUT2D eigenvalue weighted by Gasteiger charge is -2.23. The van der Waals surface area contributed by atoms with Gasteiger partial charge >= 0.3 is 0 Å². The zero-order valence-electron chi connectivity index (χ0n) is 11.6. The van der Waals surface area contributed by atoms with Gasteiger partial charge in [-0.15, -0.1) is 0 Å². The normalized spacial score (nSPS) is 18.1. The summed E-state index contributed by atoms with van der Waals surface area (Å²) in [6.45, 7) is 2.22. The van der Waals surface area contributed by atoms with Crippen LogP contribution in [0.25, 0.3) is 0 Å². The maximum Gasteiger partial charge on any atom is 0.227 e. The van der Waals surface area contributed by atoms with Crippen LogP contribution in [0.3, 0.4) is 0 Å². The zero-order valence-corrected chi connectivity index (χ0v) is 11.6. The van der Waals surface area contributed by atoms with E-state index in [-0.39, 0.29) is 24.5 Å². The van der Waals surface area contributed by atoms with Crippen LogP contribution in [0.5, 0.6) is 0 Å². The third-order valence-corrected chi connectivity index (χ3v) is 3.54. The van der Waals surface area contributed by atoms with Gasteiger partial charge in [0.25, 0.3) is 0 Å². The first-order chi connectivity index (χ1) is 9.60. The first-order valence-electron chi connectivity index (χ1n) is 6.87. The zero-order chi connectivity index (χ0) is 14.5. The minimum atomic E-state index is -0.114. The summed E-state index contributed by atoms with van der Waals surface area (Å²) in [6, 6.07) is 7.23. The van der Waals surface area contributed by atoms with Gasteiger partial charge in [0, 0.05) is 19.2 Å². The molecule has 0 radical (unpaired) electrons. The average Bonchev–Trinajstić information content (AvgIpc) is 2.89. The van der Waals surface area contributed by atoms with Crippen molar-refractivity contribution in [2.45, 2.75) is 32.2 Å². The van der Waals surface area contributed by atoms with Crippen LogP contribution in [0.4, 0.5) is 5.69 Å². The highest BCUT2D eigenvalue weighted by molar-refractivity contribution is 5.88. The van der Waals surface area contributed by atoms with Crippen LogP contribution < -0.4 is 5.32 Å². The summed E-state index contributed by atoms with van der Waals surface area (Å²) in [5.74, 6) is -0.0643. The number of rotatable bonds is 4. The molecule has 0 unspecified atom stereocenters. The van der Waals surface area contributed by atoms with Crippen LogP contribution in [0, 0.1) is 0 Å². The van der Waals surface area contributed by atoms with Gasteiger partial charge in [0.1, 0.15) is 0 Å². The molecule has 1 aromatic carbocycles. The Balaban J connectivity index is 1.95. The highest BCUT2D eigenvalue weighted by Crippen LogP contribution is 2.18. The summed E-state index contributed by atoms with van der Waals surface area (Å²) < 4.78 is 0. The fourth-order valence-corrected chi connectivity index (χ4v) is 2.54. The molecule has 1 aliphatic heterocycles. The second kappa shape index (κ2) is 6.52. The van der Waals surface area contributed by atoms with Crippen LogP contribution in [0.1, 0.15) is 25.3 Å². The molecule has 108 valence electrons. The SMILES string of the molecule is CC(=O)Nc1ccc(CC(=O)N2CCC[C@@H]2CO)cc1. The maximum atomic E-state index is 12.2. The Bertz CT molecular complexity index is 484. The largest absolute Gasteiger partial charge is 0.394 e. The molecule has 1 atom stereocenters. The predicted molar refractivity (Wildman–Crippen MR) is 76.3 cm³/mol. The molecule has 0 spiro atoms. The second-order valence-corrected chi connectivity index (χ2v) is 5.12. The smallest absolute Gasteiger partial charge is 0.227 e. The lowest BCUT2D eigenvalue weighted by Crippen LogP contribution is -2.38. The van der Waals surface area contributed by atoms with Gasteiger partial charge in [-0.1, -0.05) is 12.1 Å². The molecule has 0 aliphatic carbocycles. The molecular weight excluding hydrogens is 256 g/mol. The molecule has 0 bridgehead atoms. The van der Waals surface area contributed by atoms with Gasteiger partial charge in [-0.2, -0.15) is 0 Å². The van der Waals surface area contributed by atoms with Crippen molar-refractivity contribution in [3.05, 3.63) is 29.8 Å². The van der Waals surface area contributed by atoms with E-state index in [1.54, 1.807) is 17.0 Å². The van der Waals surface area contributed by atoms with E-state index in [9.17, 15) is 14.7 Å². The highest BCUT2D eigenvalue weighted by Gasteiger charge is 2.27. The number of nitrogens with zero attached hydrogens (tertiary/aromatic N) is 1. The number of nitrogens with one attached hydrogen (secondary N) is 1. The van der Waals surface area contributed by atoms with Gasteiger partial charge in [-0.05, 0) is 30.5 Å². The number of likely N-dealkylation sites (tertiary alicyclic amines) is 1. The Hall–Kier alpha value is -1.88. The summed E-state index contributed by atoms with van der Waals surface area (Å²) in [5.41, 5.74) is 1.63. The van der Waals surface area contributed by atoms with E-state index in [0.717, 1.165) is 30.6 Å². The van der Waals surface area contributed by atoms with E-state index in [2.05, 4.69) is 5.32 Å². The molecule has 5 heteroatoms. The van der Waals surface area contributed by atoms with Crippen LogP contribution in [0.2, 0.25) is 0 Å². The number of hydrogen-bond acceptors (Lipinski definition) is 3. The molecule has 2 rings (SSSR count). The number of benzene rings is 1. The third-order valence-electron chi connectivity index (χ3n) is 3.54. The molecule has 20 heavy (non-hydrogen) atoms. The molecule has 1 aromatic rings. The van der Waals surface area contributed by atoms with Crippen LogP contribution >= 0.6 is 0 Å². The first-order valence-corrected chi connectivity index (χ1v) is 6.87. The van der Waals surface area contributed by atoms with E-state index in [0.29, 0.717) is 6.42 Å². The van der Waals surface area contributed by atoms with Crippen molar-refractivity contribution in [2.75, 3.05) is 18.5 Å². The lowest BCUT2D eigenvalue weighted by atomic mass is 10.1. The maximum absolute atomic E-state index is 12.2. The monoisotopic (exact) mass is 276 g/mol. The van der Waals surface area contributed by atoms with Gasteiger partial charge in [-0.3, -0.25) is 9.59 Å². The van der Waals surface area contributed by atoms with Gasteiger partial charge in [0.05, 0.1) is 19.1 Å². The number of aliphatic hydroxyl groups is 1. The van der Waals surface area contributed by atoms with Gasteiger partial charge < -0.3 is 15.3 Å². The molecule has 1 fully saturated rings. The summed E-state index contributed by atoms with van der Waals surface area (Å²) >= 11 is 0. The molecule has 2 amide bonds. The van der Waals surface area contributed by atoms with Crippen LogP contribution in [0.15, 0.2) is 24.3 Å². The number of aliphatic hydroxyl groups excluding tert-OH is 1.